The summed E-state index contributed by atoms with van der Waals surface area (Å²) in [5.74, 6) is 1.74. The number of benzene rings is 1. The number of hydrogen-bond donors (Lipinski definition) is 1. The lowest BCUT2D eigenvalue weighted by atomic mass is 10.1. The van der Waals surface area contributed by atoms with Gasteiger partial charge in [0.2, 0.25) is 0 Å². The molecule has 1 N–H and O–H groups in total. The predicted molar refractivity (Wildman–Crippen MR) is 109 cm³/mol. The molecule has 0 bridgehead atoms. The van der Waals surface area contributed by atoms with Crippen LogP contribution in [0, 0.1) is 5.92 Å². The Morgan fingerprint density at radius 3 is 2.57 bits per heavy atom. The van der Waals surface area contributed by atoms with Crippen LogP contribution in [0.4, 0.5) is 0 Å². The zero-order valence-corrected chi connectivity index (χ0v) is 17.0. The highest BCUT2D eigenvalue weighted by Crippen LogP contribution is 2.25. The molecule has 3 aromatic rings. The fourth-order valence-corrected chi connectivity index (χ4v) is 4.02. The van der Waals surface area contributed by atoms with Crippen LogP contribution in [0.1, 0.15) is 57.3 Å². The highest BCUT2D eigenvalue weighted by atomic mass is 16.3. The van der Waals surface area contributed by atoms with Crippen molar-refractivity contribution in [3.05, 3.63) is 42.0 Å². The van der Waals surface area contributed by atoms with Crippen molar-refractivity contribution in [3.63, 3.8) is 0 Å². The largest absolute Gasteiger partial charge is 0.387 e. The fourth-order valence-electron chi connectivity index (χ4n) is 4.02. The van der Waals surface area contributed by atoms with Crippen molar-refractivity contribution in [1.29, 1.82) is 0 Å². The molecule has 7 heteroatoms. The summed E-state index contributed by atoms with van der Waals surface area (Å²) < 4.78 is 4.31. The number of aliphatic hydroxyl groups excluding tert-OH is 1. The molecule has 0 aliphatic carbocycles. The van der Waals surface area contributed by atoms with Crippen molar-refractivity contribution in [1.82, 2.24) is 29.4 Å². The Kier molecular flexibility index (Phi) is 5.46. The van der Waals surface area contributed by atoms with Crippen LogP contribution in [0.5, 0.6) is 0 Å². The van der Waals surface area contributed by atoms with Crippen LogP contribution < -0.4 is 0 Å². The molecule has 1 atom stereocenters. The molecule has 0 unspecified atom stereocenters. The maximum Gasteiger partial charge on any atom is 0.124 e. The number of fused-ring (bicyclic) bond motifs is 1. The van der Waals surface area contributed by atoms with Gasteiger partial charge in [-0.05, 0) is 37.8 Å². The smallest absolute Gasteiger partial charge is 0.124 e. The lowest BCUT2D eigenvalue weighted by molar-refractivity contribution is 0.167. The van der Waals surface area contributed by atoms with Crippen LogP contribution in [0.25, 0.3) is 11.0 Å². The van der Waals surface area contributed by atoms with Crippen molar-refractivity contribution in [2.75, 3.05) is 13.1 Å². The average Bonchev–Trinajstić information content (AvgIpc) is 3.28. The first-order valence-corrected chi connectivity index (χ1v) is 10.3. The lowest BCUT2D eigenvalue weighted by Gasteiger charge is -2.31. The van der Waals surface area contributed by atoms with E-state index in [0.29, 0.717) is 17.7 Å². The van der Waals surface area contributed by atoms with Gasteiger partial charge in [-0.15, -0.1) is 5.10 Å². The Balaban J connectivity index is 1.44. The summed E-state index contributed by atoms with van der Waals surface area (Å²) in [7, 11) is 0. The minimum absolute atomic E-state index is 0.353. The van der Waals surface area contributed by atoms with Gasteiger partial charge in [0.1, 0.15) is 11.5 Å². The molecule has 1 aliphatic heterocycles. The van der Waals surface area contributed by atoms with Crippen molar-refractivity contribution >= 4 is 11.0 Å². The summed E-state index contributed by atoms with van der Waals surface area (Å²) in [4.78, 5) is 7.41. The maximum atomic E-state index is 9.66. The summed E-state index contributed by atoms with van der Waals surface area (Å²) in [5, 5.41) is 18.0. The summed E-state index contributed by atoms with van der Waals surface area (Å²) in [6.07, 6.45) is 3.38. The van der Waals surface area contributed by atoms with Crippen LogP contribution in [0.3, 0.4) is 0 Å². The van der Waals surface area contributed by atoms with Gasteiger partial charge in [0.25, 0.3) is 0 Å². The molecule has 1 fully saturated rings. The standard InChI is InChI=1S/C21H30N6O/c1-15(2)12-26-20-7-5-4-6-18(20)22-21(26)14-25-10-8-17(9-11-25)27-13-19(16(3)28)23-24-27/h4-7,13,15-17,28H,8-12,14H2,1-3H3/t16-/m1/s1. The van der Waals surface area contributed by atoms with Crippen LogP contribution in [-0.4, -0.2) is 47.6 Å². The molecule has 0 saturated carbocycles. The van der Waals surface area contributed by atoms with Gasteiger partial charge in [-0.25, -0.2) is 9.67 Å². The average molecular weight is 383 g/mol. The quantitative estimate of drug-likeness (QED) is 0.709. The minimum atomic E-state index is -0.567. The highest BCUT2D eigenvalue weighted by Gasteiger charge is 2.24. The van der Waals surface area contributed by atoms with E-state index in [2.05, 4.69) is 57.9 Å². The third-order valence-corrected chi connectivity index (χ3v) is 5.53. The number of para-hydroxylation sites is 2. The number of aliphatic hydroxyl groups is 1. The maximum absolute atomic E-state index is 9.66. The zero-order valence-electron chi connectivity index (χ0n) is 17.0. The van der Waals surface area contributed by atoms with E-state index in [9.17, 15) is 5.11 Å². The highest BCUT2D eigenvalue weighted by molar-refractivity contribution is 5.75. The number of aromatic nitrogens is 5. The fraction of sp³-hybridized carbons (Fsp3) is 0.571. The van der Waals surface area contributed by atoms with Crippen LogP contribution in [-0.2, 0) is 13.1 Å². The number of piperidine rings is 1. The molecule has 0 radical (unpaired) electrons. The van der Waals surface area contributed by atoms with Crippen molar-refractivity contribution in [3.8, 4) is 0 Å². The van der Waals surface area contributed by atoms with E-state index in [-0.39, 0.29) is 0 Å². The monoisotopic (exact) mass is 382 g/mol. The molecule has 1 aliphatic rings. The molecule has 7 nitrogen and oxygen atoms in total. The third-order valence-electron chi connectivity index (χ3n) is 5.53. The normalized spacial score (nSPS) is 17.6. The minimum Gasteiger partial charge on any atom is -0.387 e. The van der Waals surface area contributed by atoms with Crippen molar-refractivity contribution in [2.24, 2.45) is 5.92 Å². The Labute approximate surface area is 166 Å². The van der Waals surface area contributed by atoms with E-state index in [0.717, 1.165) is 50.4 Å². The van der Waals surface area contributed by atoms with Crippen LogP contribution in [0.2, 0.25) is 0 Å². The van der Waals surface area contributed by atoms with Crippen LogP contribution >= 0.6 is 0 Å². The number of rotatable bonds is 6. The summed E-state index contributed by atoms with van der Waals surface area (Å²) >= 11 is 0. The molecule has 150 valence electrons. The molecule has 1 saturated heterocycles. The van der Waals surface area contributed by atoms with E-state index in [1.165, 1.54) is 5.52 Å². The summed E-state index contributed by atoms with van der Waals surface area (Å²) in [6, 6.07) is 8.78. The van der Waals surface area contributed by atoms with Gasteiger partial charge in [-0.2, -0.15) is 0 Å². The number of likely N-dealkylation sites (tertiary alicyclic amines) is 1. The molecular formula is C21H30N6O. The molecule has 4 rings (SSSR count). The second-order valence-corrected chi connectivity index (χ2v) is 8.33. The Morgan fingerprint density at radius 2 is 1.89 bits per heavy atom. The van der Waals surface area contributed by atoms with Gasteiger partial charge in [0.05, 0.1) is 35.9 Å². The first-order valence-electron chi connectivity index (χ1n) is 10.3. The van der Waals surface area contributed by atoms with E-state index in [1.54, 1.807) is 6.92 Å². The summed E-state index contributed by atoms with van der Waals surface area (Å²) in [5.41, 5.74) is 2.96. The number of hydrogen-bond acceptors (Lipinski definition) is 5. The van der Waals surface area contributed by atoms with Gasteiger partial charge in [-0.3, -0.25) is 4.90 Å². The van der Waals surface area contributed by atoms with Gasteiger partial charge in [-0.1, -0.05) is 31.2 Å². The molecule has 2 aromatic heterocycles. The SMILES string of the molecule is CC(C)Cn1c(CN2CCC(n3cc([C@@H](C)O)nn3)CC2)nc2ccccc21. The van der Waals surface area contributed by atoms with Crippen molar-refractivity contribution < 1.29 is 5.11 Å². The Hall–Kier alpha value is -2.25. The topological polar surface area (TPSA) is 72.0 Å². The van der Waals surface area contributed by atoms with E-state index < -0.39 is 6.10 Å². The number of imidazole rings is 1. The lowest BCUT2D eigenvalue weighted by Crippen LogP contribution is -2.35. The molecule has 0 amide bonds. The zero-order chi connectivity index (χ0) is 19.7. The molecular weight excluding hydrogens is 352 g/mol. The van der Waals surface area contributed by atoms with Gasteiger partial charge in [0.15, 0.2) is 0 Å². The third kappa shape index (κ3) is 3.95. The number of nitrogens with zero attached hydrogens (tertiary/aromatic N) is 6. The molecule has 0 spiro atoms. The molecule has 28 heavy (non-hydrogen) atoms. The second-order valence-electron chi connectivity index (χ2n) is 8.33. The molecule has 1 aromatic carbocycles. The van der Waals surface area contributed by atoms with E-state index in [1.807, 2.05) is 10.9 Å². The van der Waals surface area contributed by atoms with E-state index in [4.69, 9.17) is 4.98 Å². The second kappa shape index (κ2) is 8.01. The molecule has 3 heterocycles. The first kappa shape index (κ1) is 19.1. The van der Waals surface area contributed by atoms with Crippen molar-refractivity contribution in [2.45, 2.75) is 58.8 Å². The Bertz CT molecular complexity index is 920. The predicted octanol–water partition coefficient (Wildman–Crippen LogP) is 3.17. The van der Waals surface area contributed by atoms with Gasteiger partial charge in [0, 0.05) is 19.6 Å². The van der Waals surface area contributed by atoms with E-state index >= 15 is 0 Å². The summed E-state index contributed by atoms with van der Waals surface area (Å²) in [6.45, 7) is 10.1. The van der Waals surface area contributed by atoms with Crippen LogP contribution in [0.15, 0.2) is 30.5 Å². The van der Waals surface area contributed by atoms with Gasteiger partial charge >= 0.3 is 0 Å². The van der Waals surface area contributed by atoms with Gasteiger partial charge < -0.3 is 9.67 Å². The Morgan fingerprint density at radius 1 is 1.14 bits per heavy atom. The first-order chi connectivity index (χ1) is 13.5.